The van der Waals surface area contributed by atoms with Crippen LogP contribution in [0, 0.1) is 0 Å². The van der Waals surface area contributed by atoms with Gasteiger partial charge in [0.15, 0.2) is 0 Å². The minimum absolute atomic E-state index is 0.194. The second kappa shape index (κ2) is 7.04. The van der Waals surface area contributed by atoms with Gasteiger partial charge in [0, 0.05) is 36.5 Å². The number of nitrogens with zero attached hydrogens (tertiary/aromatic N) is 1. The van der Waals surface area contributed by atoms with E-state index < -0.39 is 5.97 Å². The van der Waals surface area contributed by atoms with E-state index in [-0.39, 0.29) is 5.91 Å². The van der Waals surface area contributed by atoms with Crippen molar-refractivity contribution in [1.29, 1.82) is 0 Å². The Labute approximate surface area is 121 Å². The SMILES string of the molecule is O=C(O)C=Cc1cccc(C(=O)NCCc2cnc[nH]2)c1. The lowest BCUT2D eigenvalue weighted by atomic mass is 10.1. The molecule has 0 aliphatic rings. The Hall–Kier alpha value is -2.89. The first-order chi connectivity index (χ1) is 10.1. The second-order valence-electron chi connectivity index (χ2n) is 4.38. The van der Waals surface area contributed by atoms with Gasteiger partial charge in [0.1, 0.15) is 0 Å². The van der Waals surface area contributed by atoms with Crippen LogP contribution >= 0.6 is 0 Å². The molecule has 3 N–H and O–H groups in total. The van der Waals surface area contributed by atoms with Gasteiger partial charge in [-0.25, -0.2) is 9.78 Å². The van der Waals surface area contributed by atoms with E-state index >= 15 is 0 Å². The highest BCUT2D eigenvalue weighted by Crippen LogP contribution is 2.07. The third kappa shape index (κ3) is 4.61. The predicted octanol–water partition coefficient (Wildman–Crippen LogP) is 1.48. The molecule has 0 radical (unpaired) electrons. The fourth-order valence-electron chi connectivity index (χ4n) is 1.79. The Kier molecular flexibility index (Phi) is 4.87. The minimum Gasteiger partial charge on any atom is -0.478 e. The largest absolute Gasteiger partial charge is 0.478 e. The molecule has 0 saturated heterocycles. The van der Waals surface area contributed by atoms with E-state index in [0.29, 0.717) is 24.1 Å². The Morgan fingerprint density at radius 1 is 1.38 bits per heavy atom. The molecule has 2 aromatic rings. The van der Waals surface area contributed by atoms with Crippen molar-refractivity contribution >= 4 is 18.0 Å². The number of nitrogens with one attached hydrogen (secondary N) is 2. The number of hydrogen-bond donors (Lipinski definition) is 3. The zero-order valence-corrected chi connectivity index (χ0v) is 11.2. The van der Waals surface area contributed by atoms with Gasteiger partial charge in [0.05, 0.1) is 6.33 Å². The van der Waals surface area contributed by atoms with Gasteiger partial charge in [-0.1, -0.05) is 12.1 Å². The van der Waals surface area contributed by atoms with Gasteiger partial charge in [-0.15, -0.1) is 0 Å². The Bertz CT molecular complexity index is 648. The lowest BCUT2D eigenvalue weighted by molar-refractivity contribution is -0.131. The van der Waals surface area contributed by atoms with E-state index in [1.165, 1.54) is 6.08 Å². The lowest BCUT2D eigenvalue weighted by Gasteiger charge is -2.05. The third-order valence-electron chi connectivity index (χ3n) is 2.80. The van der Waals surface area contributed by atoms with Crippen LogP contribution in [0.2, 0.25) is 0 Å². The van der Waals surface area contributed by atoms with Crippen LogP contribution < -0.4 is 5.32 Å². The number of amides is 1. The molecule has 2 rings (SSSR count). The van der Waals surface area contributed by atoms with Crippen LogP contribution in [0.1, 0.15) is 21.6 Å². The van der Waals surface area contributed by atoms with Crippen molar-refractivity contribution in [3.63, 3.8) is 0 Å². The molecule has 108 valence electrons. The number of imidazole rings is 1. The first kappa shape index (κ1) is 14.5. The zero-order chi connectivity index (χ0) is 15.1. The molecule has 1 heterocycles. The standard InChI is InChI=1S/C15H15N3O3/c19-14(20)5-4-11-2-1-3-12(8-11)15(21)17-7-6-13-9-16-10-18-13/h1-5,8-10H,6-7H2,(H,16,18)(H,17,21)(H,19,20). The van der Waals surface area contributed by atoms with Crippen LogP contribution in [0.25, 0.3) is 6.08 Å². The van der Waals surface area contributed by atoms with Crippen molar-refractivity contribution in [3.05, 3.63) is 59.7 Å². The molecule has 21 heavy (non-hydrogen) atoms. The fourth-order valence-corrected chi connectivity index (χ4v) is 1.79. The number of carboxylic acid groups (broad SMARTS) is 1. The topological polar surface area (TPSA) is 95.1 Å². The summed E-state index contributed by atoms with van der Waals surface area (Å²) in [5.74, 6) is -1.22. The van der Waals surface area contributed by atoms with Crippen LogP contribution in [-0.2, 0) is 11.2 Å². The molecule has 0 saturated carbocycles. The van der Waals surface area contributed by atoms with Crippen molar-refractivity contribution in [2.75, 3.05) is 6.54 Å². The summed E-state index contributed by atoms with van der Waals surface area (Å²) in [4.78, 5) is 29.3. The van der Waals surface area contributed by atoms with E-state index in [0.717, 1.165) is 11.8 Å². The number of aromatic amines is 1. The summed E-state index contributed by atoms with van der Waals surface area (Å²) in [5, 5.41) is 11.4. The molecule has 1 aromatic heterocycles. The first-order valence-corrected chi connectivity index (χ1v) is 6.41. The summed E-state index contributed by atoms with van der Waals surface area (Å²) >= 11 is 0. The minimum atomic E-state index is -1.02. The molecule has 1 aromatic carbocycles. The number of carboxylic acids is 1. The number of carbonyl (C=O) groups is 2. The second-order valence-corrected chi connectivity index (χ2v) is 4.38. The number of aliphatic carboxylic acids is 1. The maximum absolute atomic E-state index is 12.0. The number of rotatable bonds is 6. The Morgan fingerprint density at radius 2 is 2.24 bits per heavy atom. The number of benzene rings is 1. The van der Waals surface area contributed by atoms with Gasteiger partial charge < -0.3 is 15.4 Å². The maximum atomic E-state index is 12.0. The third-order valence-corrected chi connectivity index (χ3v) is 2.80. The van der Waals surface area contributed by atoms with Gasteiger partial charge in [-0.3, -0.25) is 4.79 Å². The average molecular weight is 285 g/mol. The highest BCUT2D eigenvalue weighted by molar-refractivity contribution is 5.95. The molecule has 0 aliphatic heterocycles. The number of carbonyl (C=O) groups excluding carboxylic acids is 1. The predicted molar refractivity (Wildman–Crippen MR) is 77.7 cm³/mol. The smallest absolute Gasteiger partial charge is 0.328 e. The van der Waals surface area contributed by atoms with Crippen molar-refractivity contribution in [3.8, 4) is 0 Å². The summed E-state index contributed by atoms with van der Waals surface area (Å²) in [6.07, 6.45) is 6.46. The first-order valence-electron chi connectivity index (χ1n) is 6.41. The van der Waals surface area contributed by atoms with Gasteiger partial charge in [-0.2, -0.15) is 0 Å². The number of H-pyrrole nitrogens is 1. The van der Waals surface area contributed by atoms with Crippen LogP contribution in [0.5, 0.6) is 0 Å². The molecule has 0 bridgehead atoms. The highest BCUT2D eigenvalue weighted by Gasteiger charge is 2.05. The lowest BCUT2D eigenvalue weighted by Crippen LogP contribution is -2.25. The summed E-state index contributed by atoms with van der Waals surface area (Å²) in [5.41, 5.74) is 2.11. The highest BCUT2D eigenvalue weighted by atomic mass is 16.4. The monoisotopic (exact) mass is 285 g/mol. The van der Waals surface area contributed by atoms with Gasteiger partial charge in [0.2, 0.25) is 0 Å². The van der Waals surface area contributed by atoms with Crippen LogP contribution in [0.3, 0.4) is 0 Å². The van der Waals surface area contributed by atoms with Gasteiger partial charge in [-0.05, 0) is 23.8 Å². The molecule has 0 atom stereocenters. The van der Waals surface area contributed by atoms with Crippen molar-refractivity contribution in [1.82, 2.24) is 15.3 Å². The summed E-state index contributed by atoms with van der Waals surface area (Å²) < 4.78 is 0. The molecule has 6 nitrogen and oxygen atoms in total. The van der Waals surface area contributed by atoms with E-state index in [2.05, 4.69) is 15.3 Å². The van der Waals surface area contributed by atoms with Crippen molar-refractivity contribution in [2.24, 2.45) is 0 Å². The zero-order valence-electron chi connectivity index (χ0n) is 11.2. The molecular formula is C15H15N3O3. The van der Waals surface area contributed by atoms with Gasteiger partial charge >= 0.3 is 5.97 Å². The maximum Gasteiger partial charge on any atom is 0.328 e. The number of hydrogen-bond acceptors (Lipinski definition) is 3. The van der Waals surface area contributed by atoms with E-state index in [1.807, 2.05) is 0 Å². The summed E-state index contributed by atoms with van der Waals surface area (Å²) in [7, 11) is 0. The quantitative estimate of drug-likeness (QED) is 0.701. The van der Waals surface area contributed by atoms with Crippen LogP contribution in [0.15, 0.2) is 42.9 Å². The summed E-state index contributed by atoms with van der Waals surface area (Å²) in [6, 6.07) is 6.78. The number of aromatic nitrogens is 2. The molecule has 0 aliphatic carbocycles. The van der Waals surface area contributed by atoms with E-state index in [9.17, 15) is 9.59 Å². The normalized spacial score (nSPS) is 10.7. The average Bonchev–Trinajstić information content (AvgIpc) is 2.98. The van der Waals surface area contributed by atoms with E-state index in [4.69, 9.17) is 5.11 Å². The van der Waals surface area contributed by atoms with Crippen molar-refractivity contribution < 1.29 is 14.7 Å². The molecule has 0 unspecified atom stereocenters. The summed E-state index contributed by atoms with van der Waals surface area (Å²) in [6.45, 7) is 0.496. The molecule has 1 amide bonds. The van der Waals surface area contributed by atoms with E-state index in [1.54, 1.807) is 36.8 Å². The molecule has 0 fully saturated rings. The fraction of sp³-hybridized carbons (Fsp3) is 0.133. The van der Waals surface area contributed by atoms with Crippen LogP contribution in [0.4, 0.5) is 0 Å². The van der Waals surface area contributed by atoms with Gasteiger partial charge in [0.25, 0.3) is 5.91 Å². The Morgan fingerprint density at radius 3 is 2.95 bits per heavy atom. The van der Waals surface area contributed by atoms with Crippen LogP contribution in [-0.4, -0.2) is 33.5 Å². The van der Waals surface area contributed by atoms with Crippen molar-refractivity contribution in [2.45, 2.75) is 6.42 Å². The molecule has 6 heteroatoms. The molecule has 0 spiro atoms. The molecular weight excluding hydrogens is 270 g/mol. The Balaban J connectivity index is 1.92.